The predicted molar refractivity (Wildman–Crippen MR) is 37.6 cm³/mol. The summed E-state index contributed by atoms with van der Waals surface area (Å²) in [6.45, 7) is 5.21. The Morgan fingerprint density at radius 2 is 2.12 bits per heavy atom. The molecule has 0 spiro atoms. The van der Waals surface area contributed by atoms with Crippen LogP contribution in [0.5, 0.6) is 0 Å². The number of hydrogen-bond acceptors (Lipinski definition) is 0. The first kappa shape index (κ1) is 7.41. The van der Waals surface area contributed by atoms with Gasteiger partial charge in [0.25, 0.3) is 0 Å². The molecule has 0 atom stereocenters. The van der Waals surface area contributed by atoms with E-state index >= 15 is 0 Å². The van der Waals surface area contributed by atoms with Gasteiger partial charge in [-0.1, -0.05) is 6.08 Å². The Morgan fingerprint density at radius 1 is 1.50 bits per heavy atom. The minimum Gasteiger partial charge on any atom is -0.239 e. The van der Waals surface area contributed by atoms with Gasteiger partial charge in [0.1, 0.15) is 13.6 Å². The van der Waals surface area contributed by atoms with Crippen molar-refractivity contribution >= 4 is 6.21 Å². The van der Waals surface area contributed by atoms with Crippen molar-refractivity contribution in [3.63, 3.8) is 0 Å². The summed E-state index contributed by atoms with van der Waals surface area (Å²) in [5, 5.41) is 0. The molecule has 0 heterocycles. The van der Waals surface area contributed by atoms with Crippen LogP contribution < -0.4 is 0 Å². The predicted octanol–water partition coefficient (Wildman–Crippen LogP) is 1.30. The Morgan fingerprint density at radius 3 is 2.50 bits per heavy atom. The molecule has 0 saturated carbocycles. The maximum Gasteiger partial charge on any atom is 0.162 e. The summed E-state index contributed by atoms with van der Waals surface area (Å²) in [6.07, 6.45) is 6.11. The van der Waals surface area contributed by atoms with E-state index in [9.17, 15) is 0 Å². The molecule has 0 aliphatic carbocycles. The van der Waals surface area contributed by atoms with Crippen molar-refractivity contribution in [2.45, 2.75) is 13.8 Å². The minimum atomic E-state index is 1.07. The fourth-order valence-corrected chi connectivity index (χ4v) is 0.338. The first-order valence-corrected chi connectivity index (χ1v) is 2.97. The summed E-state index contributed by atoms with van der Waals surface area (Å²) < 4.78 is 2.12. The SMILES string of the molecule is C/C=C\C=[N+](\C)CC. The van der Waals surface area contributed by atoms with Crippen molar-refractivity contribution in [2.75, 3.05) is 13.6 Å². The zero-order valence-electron chi connectivity index (χ0n) is 5.89. The highest BCUT2D eigenvalue weighted by molar-refractivity contribution is 5.65. The van der Waals surface area contributed by atoms with Crippen molar-refractivity contribution in [1.29, 1.82) is 0 Å². The molecular formula is C7H14N+. The normalized spacial score (nSPS) is 13.1. The van der Waals surface area contributed by atoms with E-state index in [1.165, 1.54) is 0 Å². The lowest BCUT2D eigenvalue weighted by Gasteiger charge is -1.83. The largest absolute Gasteiger partial charge is 0.239 e. The van der Waals surface area contributed by atoms with Crippen LogP contribution in [0.1, 0.15) is 13.8 Å². The zero-order valence-corrected chi connectivity index (χ0v) is 5.89. The smallest absolute Gasteiger partial charge is 0.162 e. The topological polar surface area (TPSA) is 3.01 Å². The van der Waals surface area contributed by atoms with Crippen molar-refractivity contribution in [3.8, 4) is 0 Å². The van der Waals surface area contributed by atoms with Crippen LogP contribution in [0.4, 0.5) is 0 Å². The summed E-state index contributed by atoms with van der Waals surface area (Å²) in [6, 6.07) is 0. The average Bonchev–Trinajstić information content (AvgIpc) is 1.83. The third kappa shape index (κ3) is 3.59. The van der Waals surface area contributed by atoms with Crippen molar-refractivity contribution in [1.82, 2.24) is 0 Å². The van der Waals surface area contributed by atoms with Gasteiger partial charge in [-0.25, -0.2) is 4.58 Å². The van der Waals surface area contributed by atoms with Crippen LogP contribution in [-0.4, -0.2) is 24.4 Å². The molecule has 46 valence electrons. The molecule has 0 aromatic carbocycles. The fourth-order valence-electron chi connectivity index (χ4n) is 0.338. The summed E-state index contributed by atoms with van der Waals surface area (Å²) in [4.78, 5) is 0. The van der Waals surface area contributed by atoms with E-state index in [0.717, 1.165) is 6.54 Å². The first-order chi connectivity index (χ1) is 3.81. The van der Waals surface area contributed by atoms with Crippen molar-refractivity contribution in [2.24, 2.45) is 0 Å². The van der Waals surface area contributed by atoms with Crippen LogP contribution in [-0.2, 0) is 0 Å². The third-order valence-electron chi connectivity index (χ3n) is 1.03. The van der Waals surface area contributed by atoms with E-state index in [1.807, 2.05) is 19.1 Å². The second-order valence-electron chi connectivity index (χ2n) is 1.75. The fraction of sp³-hybridized carbons (Fsp3) is 0.571. The van der Waals surface area contributed by atoms with E-state index in [1.54, 1.807) is 0 Å². The van der Waals surface area contributed by atoms with Gasteiger partial charge in [0, 0.05) is 0 Å². The molecule has 0 unspecified atom stereocenters. The first-order valence-electron chi connectivity index (χ1n) is 2.97. The van der Waals surface area contributed by atoms with E-state index in [-0.39, 0.29) is 0 Å². The molecule has 0 aliphatic rings. The molecule has 0 bridgehead atoms. The van der Waals surface area contributed by atoms with Crippen LogP contribution in [0.25, 0.3) is 0 Å². The van der Waals surface area contributed by atoms with Gasteiger partial charge in [-0.15, -0.1) is 0 Å². The molecule has 8 heavy (non-hydrogen) atoms. The van der Waals surface area contributed by atoms with Gasteiger partial charge in [0.15, 0.2) is 6.21 Å². The van der Waals surface area contributed by atoms with E-state index in [2.05, 4.69) is 24.8 Å². The van der Waals surface area contributed by atoms with Crippen molar-refractivity contribution in [3.05, 3.63) is 12.2 Å². The summed E-state index contributed by atoms with van der Waals surface area (Å²) in [5.74, 6) is 0. The highest BCUT2D eigenvalue weighted by Gasteiger charge is 1.80. The van der Waals surface area contributed by atoms with Gasteiger partial charge in [-0.05, 0) is 19.9 Å². The van der Waals surface area contributed by atoms with Crippen LogP contribution in [0, 0.1) is 0 Å². The van der Waals surface area contributed by atoms with Crippen LogP contribution >= 0.6 is 0 Å². The Bertz CT molecular complexity index is 101. The van der Waals surface area contributed by atoms with Gasteiger partial charge in [0.05, 0.1) is 0 Å². The Kier molecular flexibility index (Phi) is 4.23. The molecule has 0 amide bonds. The summed E-state index contributed by atoms with van der Waals surface area (Å²) in [7, 11) is 2.06. The molecule has 0 N–H and O–H groups in total. The van der Waals surface area contributed by atoms with E-state index in [0.29, 0.717) is 0 Å². The summed E-state index contributed by atoms with van der Waals surface area (Å²) >= 11 is 0. The van der Waals surface area contributed by atoms with Crippen LogP contribution in [0.3, 0.4) is 0 Å². The quantitative estimate of drug-likeness (QED) is 0.374. The highest BCUT2D eigenvalue weighted by atomic mass is 14.9. The van der Waals surface area contributed by atoms with Crippen molar-refractivity contribution < 1.29 is 4.58 Å². The lowest BCUT2D eigenvalue weighted by Crippen LogP contribution is -2.03. The van der Waals surface area contributed by atoms with Gasteiger partial charge < -0.3 is 0 Å². The highest BCUT2D eigenvalue weighted by Crippen LogP contribution is 1.66. The van der Waals surface area contributed by atoms with Gasteiger partial charge in [-0.3, -0.25) is 0 Å². The number of hydrogen-bond donors (Lipinski definition) is 0. The number of nitrogens with zero attached hydrogens (tertiary/aromatic N) is 1. The lowest BCUT2D eigenvalue weighted by molar-refractivity contribution is -0.487. The van der Waals surface area contributed by atoms with E-state index < -0.39 is 0 Å². The molecule has 0 radical (unpaired) electrons. The molecule has 0 saturated heterocycles. The van der Waals surface area contributed by atoms with Gasteiger partial charge in [0.2, 0.25) is 0 Å². The van der Waals surface area contributed by atoms with Gasteiger partial charge >= 0.3 is 0 Å². The maximum atomic E-state index is 2.12. The molecule has 1 nitrogen and oxygen atoms in total. The van der Waals surface area contributed by atoms with Crippen LogP contribution in [0.2, 0.25) is 0 Å². The Labute approximate surface area is 51.3 Å². The van der Waals surface area contributed by atoms with Crippen LogP contribution in [0.15, 0.2) is 12.2 Å². The molecule has 0 aromatic rings. The zero-order chi connectivity index (χ0) is 6.41. The average molecular weight is 112 g/mol. The number of rotatable bonds is 2. The van der Waals surface area contributed by atoms with Gasteiger partial charge in [-0.2, -0.15) is 0 Å². The molecule has 1 heteroatoms. The number of allylic oxidation sites excluding steroid dienone is 2. The second kappa shape index (κ2) is 4.57. The monoisotopic (exact) mass is 112 g/mol. The maximum absolute atomic E-state index is 2.12. The molecule has 0 fully saturated rings. The molecule has 0 rings (SSSR count). The summed E-state index contributed by atoms with van der Waals surface area (Å²) in [5.41, 5.74) is 0. The second-order valence-corrected chi connectivity index (χ2v) is 1.75. The van der Waals surface area contributed by atoms with E-state index in [4.69, 9.17) is 0 Å². The Balaban J connectivity index is 3.57. The third-order valence-corrected chi connectivity index (χ3v) is 1.03. The molecular weight excluding hydrogens is 98.1 g/mol. The Hall–Kier alpha value is -0.590. The lowest BCUT2D eigenvalue weighted by atomic mass is 10.5. The molecule has 0 aliphatic heterocycles. The molecule has 0 aromatic heterocycles. The minimum absolute atomic E-state index is 1.07. The standard InChI is InChI=1S/C7H14N/c1-4-6-7-8(3)5-2/h4,6-7H,5H2,1-3H3/q+1/b6-4-,8-7-.